The number of rotatable bonds is 6. The molecule has 0 aromatic heterocycles. The van der Waals surface area contributed by atoms with Gasteiger partial charge in [0.05, 0.1) is 24.2 Å². The quantitative estimate of drug-likeness (QED) is 0.820. The van der Waals surface area contributed by atoms with E-state index in [9.17, 15) is 13.2 Å². The van der Waals surface area contributed by atoms with Crippen LogP contribution in [0.25, 0.3) is 0 Å². The van der Waals surface area contributed by atoms with E-state index in [1.54, 1.807) is 49.6 Å². The third kappa shape index (κ3) is 4.23. The molecule has 2 aromatic carbocycles. The van der Waals surface area contributed by atoms with Crippen molar-refractivity contribution in [3.8, 4) is 5.75 Å². The fraction of sp³-hybridized carbons (Fsp3) is 0.316. The molecule has 27 heavy (non-hydrogen) atoms. The molecule has 2 aromatic rings. The van der Waals surface area contributed by atoms with Gasteiger partial charge in [-0.2, -0.15) is 0 Å². The molecule has 0 bridgehead atoms. The highest BCUT2D eigenvalue weighted by Crippen LogP contribution is 2.25. The van der Waals surface area contributed by atoms with Crippen molar-refractivity contribution in [3.05, 3.63) is 53.6 Å². The first kappa shape index (κ1) is 19.2. The Balaban J connectivity index is 1.66. The maximum Gasteiger partial charge on any atom is 0.414 e. The predicted molar refractivity (Wildman–Crippen MR) is 102 cm³/mol. The smallest absolute Gasteiger partial charge is 0.414 e. The molecule has 1 fully saturated rings. The van der Waals surface area contributed by atoms with Crippen molar-refractivity contribution in [3.63, 3.8) is 0 Å². The molecule has 1 atom stereocenters. The Kier molecular flexibility index (Phi) is 5.38. The highest BCUT2D eigenvalue weighted by molar-refractivity contribution is 7.89. The van der Waals surface area contributed by atoms with Crippen molar-refractivity contribution in [1.82, 2.24) is 4.72 Å². The number of amides is 1. The minimum atomic E-state index is -3.68. The van der Waals surface area contributed by atoms with Crippen molar-refractivity contribution in [2.75, 3.05) is 25.1 Å². The number of carbonyl (C=O) groups excluding carboxylic acids is 1. The Hall–Kier alpha value is -2.58. The second kappa shape index (κ2) is 7.58. The number of sulfonamides is 1. The van der Waals surface area contributed by atoms with Gasteiger partial charge in [0.1, 0.15) is 11.9 Å². The van der Waals surface area contributed by atoms with Crippen LogP contribution in [0.2, 0.25) is 0 Å². The van der Waals surface area contributed by atoms with E-state index < -0.39 is 22.2 Å². The summed E-state index contributed by atoms with van der Waals surface area (Å²) < 4.78 is 38.0. The molecule has 1 amide bonds. The molecule has 8 heteroatoms. The molecule has 0 spiro atoms. The van der Waals surface area contributed by atoms with Gasteiger partial charge in [-0.05, 0) is 49.2 Å². The number of methoxy groups -OCH3 is 1. The van der Waals surface area contributed by atoms with Crippen molar-refractivity contribution in [2.24, 2.45) is 0 Å². The van der Waals surface area contributed by atoms with Crippen LogP contribution in [-0.4, -0.2) is 40.8 Å². The molecule has 0 radical (unpaired) electrons. The lowest BCUT2D eigenvalue weighted by molar-refractivity contribution is 0.143. The number of ether oxygens (including phenoxy) is 2. The van der Waals surface area contributed by atoms with Gasteiger partial charge in [0.25, 0.3) is 0 Å². The molecular weight excluding hydrogens is 368 g/mol. The van der Waals surface area contributed by atoms with Gasteiger partial charge in [0.2, 0.25) is 10.0 Å². The number of cyclic esters (lactones) is 1. The summed E-state index contributed by atoms with van der Waals surface area (Å²) in [6.07, 6.45) is -1.09. The van der Waals surface area contributed by atoms with Gasteiger partial charge in [0, 0.05) is 12.6 Å². The summed E-state index contributed by atoms with van der Waals surface area (Å²) in [5, 5.41) is 0. The molecule has 0 aliphatic carbocycles. The summed E-state index contributed by atoms with van der Waals surface area (Å²) >= 11 is 0. The predicted octanol–water partition coefficient (Wildman–Crippen LogP) is 2.62. The number of hydrogen-bond acceptors (Lipinski definition) is 5. The highest BCUT2D eigenvalue weighted by Gasteiger charge is 2.33. The van der Waals surface area contributed by atoms with E-state index in [0.29, 0.717) is 11.4 Å². The molecule has 1 heterocycles. The Morgan fingerprint density at radius 1 is 1.19 bits per heavy atom. The van der Waals surface area contributed by atoms with Crippen molar-refractivity contribution in [2.45, 2.75) is 24.8 Å². The van der Waals surface area contributed by atoms with Crippen LogP contribution in [0.5, 0.6) is 5.75 Å². The first-order chi connectivity index (χ1) is 12.8. The molecular formula is C19H22N2O5S. The summed E-state index contributed by atoms with van der Waals surface area (Å²) in [7, 11) is -2.13. The van der Waals surface area contributed by atoms with Crippen LogP contribution in [0.1, 0.15) is 11.1 Å². The zero-order valence-electron chi connectivity index (χ0n) is 15.4. The Morgan fingerprint density at radius 3 is 2.67 bits per heavy atom. The minimum Gasteiger partial charge on any atom is -0.497 e. The molecule has 144 valence electrons. The largest absolute Gasteiger partial charge is 0.497 e. The summed E-state index contributed by atoms with van der Waals surface area (Å²) in [5.74, 6) is 0.624. The first-order valence-electron chi connectivity index (χ1n) is 8.49. The highest BCUT2D eigenvalue weighted by atomic mass is 32.2. The molecule has 1 aliphatic heterocycles. The van der Waals surface area contributed by atoms with Crippen LogP contribution >= 0.6 is 0 Å². The number of nitrogens with one attached hydrogen (secondary N) is 1. The maximum absolute atomic E-state index is 12.5. The van der Waals surface area contributed by atoms with Crippen molar-refractivity contribution < 1.29 is 22.7 Å². The Morgan fingerprint density at radius 2 is 1.96 bits per heavy atom. The van der Waals surface area contributed by atoms with Crippen molar-refractivity contribution in [1.29, 1.82) is 0 Å². The Labute approximate surface area is 158 Å². The number of carbonyl (C=O) groups is 1. The third-order valence-electron chi connectivity index (χ3n) is 4.53. The van der Waals surface area contributed by atoms with E-state index in [0.717, 1.165) is 11.1 Å². The number of nitrogens with zero attached hydrogens (tertiary/aromatic N) is 1. The summed E-state index contributed by atoms with van der Waals surface area (Å²) in [4.78, 5) is 13.8. The normalized spacial score (nSPS) is 17.1. The van der Waals surface area contributed by atoms with E-state index in [-0.39, 0.29) is 18.0 Å². The molecule has 1 unspecified atom stereocenters. The van der Waals surface area contributed by atoms with Crippen LogP contribution in [-0.2, 0) is 14.8 Å². The lowest BCUT2D eigenvalue weighted by Crippen LogP contribution is -2.34. The van der Waals surface area contributed by atoms with E-state index in [4.69, 9.17) is 9.47 Å². The lowest BCUT2D eigenvalue weighted by atomic mass is 10.1. The van der Waals surface area contributed by atoms with Crippen LogP contribution in [0.15, 0.2) is 47.4 Å². The van der Waals surface area contributed by atoms with Gasteiger partial charge >= 0.3 is 6.09 Å². The van der Waals surface area contributed by atoms with E-state index >= 15 is 0 Å². The number of aryl methyl sites for hydroxylation is 2. The zero-order valence-corrected chi connectivity index (χ0v) is 16.2. The van der Waals surface area contributed by atoms with Gasteiger partial charge in [-0.1, -0.05) is 12.1 Å². The van der Waals surface area contributed by atoms with Gasteiger partial charge in [-0.25, -0.2) is 17.9 Å². The van der Waals surface area contributed by atoms with Crippen molar-refractivity contribution >= 4 is 21.8 Å². The summed E-state index contributed by atoms with van der Waals surface area (Å²) in [5.41, 5.74) is 2.56. The fourth-order valence-electron chi connectivity index (χ4n) is 2.78. The van der Waals surface area contributed by atoms with E-state index in [2.05, 4.69) is 4.72 Å². The van der Waals surface area contributed by atoms with Gasteiger partial charge in [-0.15, -0.1) is 0 Å². The average Bonchev–Trinajstić information content (AvgIpc) is 3.03. The topological polar surface area (TPSA) is 84.9 Å². The lowest BCUT2D eigenvalue weighted by Gasteiger charge is -2.14. The zero-order chi connectivity index (χ0) is 19.6. The second-order valence-corrected chi connectivity index (χ2v) is 8.18. The monoisotopic (exact) mass is 390 g/mol. The van der Waals surface area contributed by atoms with Gasteiger partial charge < -0.3 is 9.47 Å². The fourth-order valence-corrected chi connectivity index (χ4v) is 3.94. The van der Waals surface area contributed by atoms with Crippen LogP contribution in [0.4, 0.5) is 10.5 Å². The van der Waals surface area contributed by atoms with Gasteiger partial charge in [-0.3, -0.25) is 4.90 Å². The number of benzene rings is 2. The minimum absolute atomic E-state index is 0.00145. The maximum atomic E-state index is 12.5. The van der Waals surface area contributed by atoms with Gasteiger partial charge in [0.15, 0.2) is 0 Å². The van der Waals surface area contributed by atoms with E-state index in [1.165, 1.54) is 4.90 Å². The van der Waals surface area contributed by atoms with Crippen LogP contribution in [0.3, 0.4) is 0 Å². The molecule has 3 rings (SSSR count). The number of hydrogen-bond donors (Lipinski definition) is 1. The molecule has 7 nitrogen and oxygen atoms in total. The average molecular weight is 390 g/mol. The van der Waals surface area contributed by atoms with Crippen LogP contribution in [0, 0.1) is 13.8 Å². The molecule has 1 N–H and O–H groups in total. The Bertz CT molecular complexity index is 958. The summed E-state index contributed by atoms with van der Waals surface area (Å²) in [6.45, 7) is 4.03. The molecule has 1 saturated heterocycles. The third-order valence-corrected chi connectivity index (χ3v) is 5.95. The van der Waals surface area contributed by atoms with Crippen LogP contribution < -0.4 is 14.4 Å². The summed E-state index contributed by atoms with van der Waals surface area (Å²) in [6, 6.07) is 12.0. The molecule has 1 aliphatic rings. The number of anilines is 1. The standard InChI is InChI=1S/C19H22N2O5S/c1-13-7-8-18(9-14(13)2)27(23,24)20-11-17-12-21(19(22)26-17)15-5-4-6-16(10-15)25-3/h4-10,17,20H,11-12H2,1-3H3. The van der Waals surface area contributed by atoms with E-state index in [1.807, 2.05) is 13.8 Å². The second-order valence-electron chi connectivity index (χ2n) is 6.42. The first-order valence-corrected chi connectivity index (χ1v) is 9.97. The SMILES string of the molecule is COc1cccc(N2CC(CNS(=O)(=O)c3ccc(C)c(C)c3)OC2=O)c1. The molecule has 0 saturated carbocycles.